The minimum atomic E-state index is -3.90. The van der Waals surface area contributed by atoms with Crippen molar-refractivity contribution in [1.82, 2.24) is 14.5 Å². The molecule has 0 unspecified atom stereocenters. The van der Waals surface area contributed by atoms with Crippen molar-refractivity contribution in [1.29, 1.82) is 0 Å². The zero-order valence-electron chi connectivity index (χ0n) is 15.7. The van der Waals surface area contributed by atoms with Crippen molar-refractivity contribution in [3.8, 4) is 0 Å². The van der Waals surface area contributed by atoms with E-state index in [0.717, 1.165) is 31.8 Å². The van der Waals surface area contributed by atoms with E-state index in [9.17, 15) is 22.0 Å². The second-order valence-electron chi connectivity index (χ2n) is 6.57. The fourth-order valence-corrected chi connectivity index (χ4v) is 4.65. The Bertz CT molecular complexity index is 746. The van der Waals surface area contributed by atoms with Gasteiger partial charge >= 0.3 is 0 Å². The van der Waals surface area contributed by atoms with Crippen molar-refractivity contribution >= 4 is 15.9 Å². The van der Waals surface area contributed by atoms with Gasteiger partial charge in [-0.1, -0.05) is 13.8 Å². The Labute approximate surface area is 159 Å². The number of hydrogen-bond donors (Lipinski definition) is 1. The van der Waals surface area contributed by atoms with Gasteiger partial charge in [-0.2, -0.15) is 4.31 Å². The molecule has 1 aliphatic heterocycles. The number of nitrogens with one attached hydrogen (secondary N) is 1. The van der Waals surface area contributed by atoms with E-state index in [-0.39, 0.29) is 29.8 Å². The smallest absolute Gasteiger partial charge is 0.243 e. The van der Waals surface area contributed by atoms with Gasteiger partial charge in [-0.25, -0.2) is 17.2 Å². The number of piperidine rings is 1. The lowest BCUT2D eigenvalue weighted by atomic mass is 9.97. The largest absolute Gasteiger partial charge is 0.355 e. The average molecular weight is 403 g/mol. The van der Waals surface area contributed by atoms with Crippen LogP contribution in [-0.4, -0.2) is 62.8 Å². The Morgan fingerprint density at radius 2 is 1.81 bits per heavy atom. The highest BCUT2D eigenvalue weighted by atomic mass is 32.2. The normalized spacial score (nSPS) is 16.6. The number of amides is 1. The topological polar surface area (TPSA) is 69.7 Å². The van der Waals surface area contributed by atoms with Crippen molar-refractivity contribution in [2.75, 3.05) is 39.3 Å². The Morgan fingerprint density at radius 3 is 2.37 bits per heavy atom. The van der Waals surface area contributed by atoms with Gasteiger partial charge in [-0.05, 0) is 44.1 Å². The van der Waals surface area contributed by atoms with Crippen LogP contribution < -0.4 is 5.32 Å². The number of carbonyl (C=O) groups excluding carboxylic acids is 1. The first-order valence-electron chi connectivity index (χ1n) is 9.24. The summed E-state index contributed by atoms with van der Waals surface area (Å²) in [6.07, 6.45) is 0.806. The standard InChI is InChI=1S/C18H27F2N3O3S/c1-3-22(4-2)12-9-21-18(24)14-7-10-23(11-8-14)27(25,26)15-5-6-16(19)17(20)13-15/h5-6,13-14H,3-4,7-12H2,1-2H3,(H,21,24). The van der Waals surface area contributed by atoms with Crippen LogP contribution in [0.3, 0.4) is 0 Å². The van der Waals surface area contributed by atoms with Crippen molar-refractivity contribution in [2.24, 2.45) is 5.92 Å². The fraction of sp³-hybridized carbons (Fsp3) is 0.611. The van der Waals surface area contributed by atoms with Crippen LogP contribution in [-0.2, 0) is 14.8 Å². The maximum absolute atomic E-state index is 13.4. The molecule has 0 aliphatic carbocycles. The molecule has 1 aliphatic rings. The Kier molecular flexibility index (Phi) is 7.69. The molecule has 1 amide bonds. The van der Waals surface area contributed by atoms with E-state index >= 15 is 0 Å². The number of likely N-dealkylation sites (N-methyl/N-ethyl adjacent to an activating group) is 1. The molecule has 2 rings (SSSR count). The zero-order chi connectivity index (χ0) is 20.0. The summed E-state index contributed by atoms with van der Waals surface area (Å²) < 4.78 is 52.8. The fourth-order valence-electron chi connectivity index (χ4n) is 3.17. The van der Waals surface area contributed by atoms with Gasteiger partial charge in [0.15, 0.2) is 11.6 Å². The summed E-state index contributed by atoms with van der Waals surface area (Å²) in [6.45, 7) is 7.67. The summed E-state index contributed by atoms with van der Waals surface area (Å²) >= 11 is 0. The van der Waals surface area contributed by atoms with Gasteiger partial charge in [-0.3, -0.25) is 4.79 Å². The third kappa shape index (κ3) is 5.46. The first kappa shape index (κ1) is 21.7. The summed E-state index contributed by atoms with van der Waals surface area (Å²) in [5, 5.41) is 2.91. The Hall–Kier alpha value is -1.58. The van der Waals surface area contributed by atoms with Crippen LogP contribution in [0.2, 0.25) is 0 Å². The van der Waals surface area contributed by atoms with Gasteiger partial charge in [0.05, 0.1) is 4.90 Å². The minimum absolute atomic E-state index is 0.0629. The van der Waals surface area contributed by atoms with E-state index in [4.69, 9.17) is 0 Å². The quantitative estimate of drug-likeness (QED) is 0.719. The third-order valence-corrected chi connectivity index (χ3v) is 6.87. The molecule has 1 aromatic rings. The molecule has 9 heteroatoms. The average Bonchev–Trinajstić information content (AvgIpc) is 2.67. The molecule has 1 heterocycles. The van der Waals surface area contributed by atoms with E-state index in [2.05, 4.69) is 24.1 Å². The highest BCUT2D eigenvalue weighted by molar-refractivity contribution is 7.89. The van der Waals surface area contributed by atoms with Crippen LogP contribution in [0.15, 0.2) is 23.1 Å². The molecule has 1 aromatic carbocycles. The SMILES string of the molecule is CCN(CC)CCNC(=O)C1CCN(S(=O)(=O)c2ccc(F)c(F)c2)CC1. The molecular weight excluding hydrogens is 376 g/mol. The number of sulfonamides is 1. The van der Waals surface area contributed by atoms with Crippen LogP contribution in [0.4, 0.5) is 8.78 Å². The molecule has 0 aromatic heterocycles. The lowest BCUT2D eigenvalue weighted by Crippen LogP contribution is -2.44. The van der Waals surface area contributed by atoms with Crippen molar-refractivity contribution in [2.45, 2.75) is 31.6 Å². The summed E-state index contributed by atoms with van der Waals surface area (Å²) in [5.41, 5.74) is 0. The Morgan fingerprint density at radius 1 is 1.19 bits per heavy atom. The molecule has 1 N–H and O–H groups in total. The molecule has 0 atom stereocenters. The molecule has 0 radical (unpaired) electrons. The molecular formula is C18H27F2N3O3S. The van der Waals surface area contributed by atoms with Crippen LogP contribution in [0.25, 0.3) is 0 Å². The lowest BCUT2D eigenvalue weighted by Gasteiger charge is -2.30. The van der Waals surface area contributed by atoms with Crippen LogP contribution in [0.1, 0.15) is 26.7 Å². The highest BCUT2D eigenvalue weighted by Gasteiger charge is 2.32. The molecule has 6 nitrogen and oxygen atoms in total. The lowest BCUT2D eigenvalue weighted by molar-refractivity contribution is -0.126. The van der Waals surface area contributed by atoms with Crippen molar-refractivity contribution in [3.63, 3.8) is 0 Å². The summed E-state index contributed by atoms with van der Waals surface area (Å²) in [6, 6.07) is 2.55. The third-order valence-electron chi connectivity index (χ3n) is 4.98. The van der Waals surface area contributed by atoms with E-state index in [0.29, 0.717) is 25.5 Å². The van der Waals surface area contributed by atoms with Crippen molar-refractivity contribution in [3.05, 3.63) is 29.8 Å². The molecule has 152 valence electrons. The predicted octanol–water partition coefficient (Wildman–Crippen LogP) is 1.82. The van der Waals surface area contributed by atoms with Gasteiger partial charge in [0, 0.05) is 32.1 Å². The van der Waals surface area contributed by atoms with Crippen LogP contribution in [0.5, 0.6) is 0 Å². The van der Waals surface area contributed by atoms with E-state index in [1.165, 1.54) is 4.31 Å². The second-order valence-corrected chi connectivity index (χ2v) is 8.51. The number of hydrogen-bond acceptors (Lipinski definition) is 4. The van der Waals surface area contributed by atoms with Crippen LogP contribution in [0, 0.1) is 17.6 Å². The molecule has 1 fully saturated rings. The molecule has 1 saturated heterocycles. The molecule has 27 heavy (non-hydrogen) atoms. The van der Waals surface area contributed by atoms with E-state index in [1.807, 2.05) is 0 Å². The summed E-state index contributed by atoms with van der Waals surface area (Å²) in [7, 11) is -3.90. The maximum Gasteiger partial charge on any atom is 0.243 e. The van der Waals surface area contributed by atoms with Gasteiger partial charge in [-0.15, -0.1) is 0 Å². The van der Waals surface area contributed by atoms with Gasteiger partial charge < -0.3 is 10.2 Å². The first-order valence-corrected chi connectivity index (χ1v) is 10.7. The molecule has 0 saturated carbocycles. The van der Waals surface area contributed by atoms with Gasteiger partial charge in [0.25, 0.3) is 0 Å². The summed E-state index contributed by atoms with van der Waals surface area (Å²) in [5.74, 6) is -2.59. The van der Waals surface area contributed by atoms with E-state index in [1.54, 1.807) is 0 Å². The number of benzene rings is 1. The Balaban J connectivity index is 1.88. The van der Waals surface area contributed by atoms with Crippen molar-refractivity contribution < 1.29 is 22.0 Å². The highest BCUT2D eigenvalue weighted by Crippen LogP contribution is 2.24. The number of rotatable bonds is 8. The maximum atomic E-state index is 13.4. The second kappa shape index (κ2) is 9.57. The monoisotopic (exact) mass is 403 g/mol. The van der Waals surface area contributed by atoms with Gasteiger partial charge in [0.2, 0.25) is 15.9 Å². The number of nitrogens with zero attached hydrogens (tertiary/aromatic N) is 2. The van der Waals surface area contributed by atoms with E-state index < -0.39 is 21.7 Å². The predicted molar refractivity (Wildman–Crippen MR) is 98.6 cm³/mol. The summed E-state index contributed by atoms with van der Waals surface area (Å²) in [4.78, 5) is 14.2. The van der Waals surface area contributed by atoms with Crippen LogP contribution >= 0.6 is 0 Å². The zero-order valence-corrected chi connectivity index (χ0v) is 16.6. The number of halogens is 2. The van der Waals surface area contributed by atoms with Gasteiger partial charge in [0.1, 0.15) is 0 Å². The molecule has 0 bridgehead atoms. The first-order chi connectivity index (χ1) is 12.8. The number of carbonyl (C=O) groups is 1. The molecule has 0 spiro atoms. The minimum Gasteiger partial charge on any atom is -0.355 e.